The van der Waals surface area contributed by atoms with E-state index in [1.807, 2.05) is 25.1 Å². The number of benzene rings is 1. The number of carbonyl (C=O) groups excluding carboxylic acids is 1. The van der Waals surface area contributed by atoms with Crippen molar-refractivity contribution in [2.45, 2.75) is 52.1 Å². The summed E-state index contributed by atoms with van der Waals surface area (Å²) in [7, 11) is 0. The van der Waals surface area contributed by atoms with E-state index < -0.39 is 5.60 Å². The van der Waals surface area contributed by atoms with Crippen LogP contribution in [0.3, 0.4) is 0 Å². The number of aliphatic hydroxyl groups is 1. The van der Waals surface area contributed by atoms with Gasteiger partial charge in [-0.2, -0.15) is 0 Å². The molecule has 0 aliphatic carbocycles. The Kier molecular flexibility index (Phi) is 6.49. The van der Waals surface area contributed by atoms with Crippen LogP contribution in [-0.2, 0) is 0 Å². The quantitative estimate of drug-likeness (QED) is 0.864. The van der Waals surface area contributed by atoms with Crippen LogP contribution in [0.25, 0.3) is 0 Å². The number of rotatable bonds is 5. The molecule has 1 aromatic carbocycles. The summed E-state index contributed by atoms with van der Waals surface area (Å²) in [5, 5.41) is 13.0. The molecule has 1 aliphatic heterocycles. The van der Waals surface area contributed by atoms with Gasteiger partial charge in [0, 0.05) is 19.6 Å². The van der Waals surface area contributed by atoms with Gasteiger partial charge in [0.1, 0.15) is 0 Å². The minimum atomic E-state index is -0.905. The van der Waals surface area contributed by atoms with E-state index in [0.717, 1.165) is 24.5 Å². The SMILES string of the molecule is CCN(CC(C)(C)O)C(=O)Nc1ccccc1N1CCCCCC1. The summed E-state index contributed by atoms with van der Waals surface area (Å²) in [6, 6.07) is 7.83. The highest BCUT2D eigenvalue weighted by atomic mass is 16.3. The van der Waals surface area contributed by atoms with Gasteiger partial charge >= 0.3 is 6.03 Å². The molecule has 5 nitrogen and oxygen atoms in total. The molecule has 2 N–H and O–H groups in total. The zero-order valence-corrected chi connectivity index (χ0v) is 15.2. The van der Waals surface area contributed by atoms with Gasteiger partial charge in [0.05, 0.1) is 23.5 Å². The van der Waals surface area contributed by atoms with Gasteiger partial charge in [0.15, 0.2) is 0 Å². The summed E-state index contributed by atoms with van der Waals surface area (Å²) in [4.78, 5) is 16.6. The van der Waals surface area contributed by atoms with Crippen molar-refractivity contribution < 1.29 is 9.90 Å². The maximum atomic E-state index is 12.6. The first-order valence-corrected chi connectivity index (χ1v) is 9.03. The predicted molar refractivity (Wildman–Crippen MR) is 99.7 cm³/mol. The van der Waals surface area contributed by atoms with Crippen LogP contribution in [0.4, 0.5) is 16.2 Å². The minimum Gasteiger partial charge on any atom is -0.389 e. The summed E-state index contributed by atoms with van der Waals surface area (Å²) in [6.07, 6.45) is 4.95. The zero-order chi connectivity index (χ0) is 17.6. The normalized spacial score (nSPS) is 15.8. The second-order valence-electron chi connectivity index (χ2n) is 7.18. The Balaban J connectivity index is 2.12. The molecular weight excluding hydrogens is 302 g/mol. The summed E-state index contributed by atoms with van der Waals surface area (Å²) in [5.74, 6) is 0. The molecule has 2 rings (SSSR count). The van der Waals surface area contributed by atoms with Crippen LogP contribution in [0.15, 0.2) is 24.3 Å². The number of likely N-dealkylation sites (N-methyl/N-ethyl adjacent to an activating group) is 1. The van der Waals surface area contributed by atoms with Crippen LogP contribution in [0, 0.1) is 0 Å². The van der Waals surface area contributed by atoms with E-state index in [9.17, 15) is 9.90 Å². The molecule has 0 saturated carbocycles. The molecule has 1 aliphatic rings. The van der Waals surface area contributed by atoms with E-state index in [1.54, 1.807) is 18.7 Å². The first-order chi connectivity index (χ1) is 11.4. The first-order valence-electron chi connectivity index (χ1n) is 9.03. The van der Waals surface area contributed by atoms with Crippen LogP contribution < -0.4 is 10.2 Å². The van der Waals surface area contributed by atoms with Crippen LogP contribution in [0.5, 0.6) is 0 Å². The topological polar surface area (TPSA) is 55.8 Å². The molecule has 0 spiro atoms. The first kappa shape index (κ1) is 18.6. The fraction of sp³-hybridized carbons (Fsp3) is 0.632. The van der Waals surface area contributed by atoms with Crippen molar-refractivity contribution in [2.24, 2.45) is 0 Å². The molecule has 0 unspecified atom stereocenters. The molecule has 1 fully saturated rings. The largest absolute Gasteiger partial charge is 0.389 e. The van der Waals surface area contributed by atoms with Crippen LogP contribution in [0.1, 0.15) is 46.5 Å². The smallest absolute Gasteiger partial charge is 0.321 e. The average molecular weight is 333 g/mol. The summed E-state index contributed by atoms with van der Waals surface area (Å²) in [5.41, 5.74) is 1.03. The van der Waals surface area contributed by atoms with E-state index in [1.165, 1.54) is 25.7 Å². The standard InChI is InChI=1S/C19H31N3O2/c1-4-21(15-19(2,3)24)18(23)20-16-11-7-8-12-17(16)22-13-9-5-6-10-14-22/h7-8,11-12,24H,4-6,9-10,13-15H2,1-3H3,(H,20,23). The second-order valence-corrected chi connectivity index (χ2v) is 7.18. The van der Waals surface area contributed by atoms with Gasteiger partial charge in [0.25, 0.3) is 0 Å². The van der Waals surface area contributed by atoms with Gasteiger partial charge in [0.2, 0.25) is 0 Å². The number of nitrogens with one attached hydrogen (secondary N) is 1. The number of anilines is 2. The highest BCUT2D eigenvalue weighted by molar-refractivity contribution is 5.93. The Morgan fingerprint density at radius 2 is 1.83 bits per heavy atom. The minimum absolute atomic E-state index is 0.165. The van der Waals surface area contributed by atoms with Crippen molar-refractivity contribution in [3.63, 3.8) is 0 Å². The number of para-hydroxylation sites is 2. The molecule has 0 bridgehead atoms. The molecule has 5 heteroatoms. The van der Waals surface area contributed by atoms with Gasteiger partial charge in [-0.15, -0.1) is 0 Å². The fourth-order valence-corrected chi connectivity index (χ4v) is 3.16. The Hall–Kier alpha value is -1.75. The van der Waals surface area contributed by atoms with Crippen molar-refractivity contribution in [2.75, 3.05) is 36.4 Å². The molecule has 2 amide bonds. The highest BCUT2D eigenvalue weighted by Crippen LogP contribution is 2.28. The van der Waals surface area contributed by atoms with E-state index in [2.05, 4.69) is 16.3 Å². The van der Waals surface area contributed by atoms with E-state index in [-0.39, 0.29) is 6.03 Å². The third-order valence-electron chi connectivity index (χ3n) is 4.34. The van der Waals surface area contributed by atoms with Gasteiger partial charge in [-0.05, 0) is 45.7 Å². The monoisotopic (exact) mass is 333 g/mol. The van der Waals surface area contributed by atoms with E-state index >= 15 is 0 Å². The van der Waals surface area contributed by atoms with Gasteiger partial charge in [-0.25, -0.2) is 4.79 Å². The van der Waals surface area contributed by atoms with Crippen molar-refractivity contribution in [3.05, 3.63) is 24.3 Å². The van der Waals surface area contributed by atoms with Crippen molar-refractivity contribution in [3.8, 4) is 0 Å². The lowest BCUT2D eigenvalue weighted by molar-refractivity contribution is 0.0501. The molecule has 134 valence electrons. The Labute approximate surface area is 145 Å². The summed E-state index contributed by atoms with van der Waals surface area (Å²) in [6.45, 7) is 8.29. The van der Waals surface area contributed by atoms with E-state index in [4.69, 9.17) is 0 Å². The summed E-state index contributed by atoms with van der Waals surface area (Å²) >= 11 is 0. The lowest BCUT2D eigenvalue weighted by Gasteiger charge is -2.30. The lowest BCUT2D eigenvalue weighted by atomic mass is 10.1. The number of urea groups is 1. The van der Waals surface area contributed by atoms with Crippen LogP contribution in [-0.4, -0.2) is 47.8 Å². The van der Waals surface area contributed by atoms with Crippen molar-refractivity contribution in [1.82, 2.24) is 4.90 Å². The number of carbonyl (C=O) groups is 1. The molecule has 0 atom stereocenters. The molecule has 1 heterocycles. The third kappa shape index (κ3) is 5.41. The highest BCUT2D eigenvalue weighted by Gasteiger charge is 2.22. The Morgan fingerprint density at radius 3 is 2.42 bits per heavy atom. The number of nitrogens with zero attached hydrogens (tertiary/aromatic N) is 2. The summed E-state index contributed by atoms with van der Waals surface area (Å²) < 4.78 is 0. The lowest BCUT2D eigenvalue weighted by Crippen LogP contribution is -2.44. The van der Waals surface area contributed by atoms with Crippen molar-refractivity contribution in [1.29, 1.82) is 0 Å². The van der Waals surface area contributed by atoms with Crippen LogP contribution >= 0.6 is 0 Å². The number of hydrogen-bond donors (Lipinski definition) is 2. The van der Waals surface area contributed by atoms with E-state index in [0.29, 0.717) is 13.1 Å². The molecular formula is C19H31N3O2. The van der Waals surface area contributed by atoms with Gasteiger partial charge in [-0.1, -0.05) is 25.0 Å². The second kappa shape index (κ2) is 8.38. The average Bonchev–Trinajstić information content (AvgIpc) is 2.81. The zero-order valence-electron chi connectivity index (χ0n) is 15.2. The fourth-order valence-electron chi connectivity index (χ4n) is 3.16. The maximum absolute atomic E-state index is 12.6. The van der Waals surface area contributed by atoms with Gasteiger partial charge < -0.3 is 20.2 Å². The Bertz CT molecular complexity index is 532. The van der Waals surface area contributed by atoms with Crippen LogP contribution in [0.2, 0.25) is 0 Å². The van der Waals surface area contributed by atoms with Crippen molar-refractivity contribution >= 4 is 17.4 Å². The predicted octanol–water partition coefficient (Wildman–Crippen LogP) is 3.69. The number of amides is 2. The van der Waals surface area contributed by atoms with Gasteiger partial charge in [-0.3, -0.25) is 0 Å². The third-order valence-corrected chi connectivity index (χ3v) is 4.34. The molecule has 24 heavy (non-hydrogen) atoms. The Morgan fingerprint density at radius 1 is 1.21 bits per heavy atom. The molecule has 1 saturated heterocycles. The molecule has 0 radical (unpaired) electrons. The number of hydrogen-bond acceptors (Lipinski definition) is 3. The maximum Gasteiger partial charge on any atom is 0.321 e. The molecule has 1 aromatic rings. The molecule has 0 aromatic heterocycles.